The molecule has 0 spiro atoms. The van der Waals surface area contributed by atoms with Crippen molar-refractivity contribution in [1.82, 2.24) is 10.3 Å². The first-order valence-electron chi connectivity index (χ1n) is 9.53. The van der Waals surface area contributed by atoms with E-state index in [2.05, 4.69) is 15.3 Å². The Bertz CT molecular complexity index is 910. The van der Waals surface area contributed by atoms with Crippen molar-refractivity contribution in [2.45, 2.75) is 45.3 Å². The Labute approximate surface area is 182 Å². The summed E-state index contributed by atoms with van der Waals surface area (Å²) in [5.74, 6) is -1.83. The fourth-order valence-electron chi connectivity index (χ4n) is 3.49. The number of nitrogens with zero attached hydrogens (tertiary/aromatic N) is 3. The summed E-state index contributed by atoms with van der Waals surface area (Å²) in [7, 11) is 1.56. The molecule has 1 saturated heterocycles. The van der Waals surface area contributed by atoms with Gasteiger partial charge in [0.25, 0.3) is 5.91 Å². The highest BCUT2D eigenvalue weighted by molar-refractivity contribution is 7.17. The number of amides is 1. The molecule has 3 rings (SSSR count). The van der Waals surface area contributed by atoms with Crippen LogP contribution in [0.15, 0.2) is 15.7 Å². The molecule has 1 fully saturated rings. The van der Waals surface area contributed by atoms with Crippen molar-refractivity contribution in [2.75, 3.05) is 25.1 Å². The number of aromatic carboxylic acids is 1. The molecule has 0 radical (unpaired) electrons. The lowest BCUT2D eigenvalue weighted by Crippen LogP contribution is -2.55. The second-order valence-electron chi connectivity index (χ2n) is 7.11. The van der Waals surface area contributed by atoms with Crippen LogP contribution in [0.25, 0.3) is 0 Å². The summed E-state index contributed by atoms with van der Waals surface area (Å²) in [6, 6.07) is -0.239. The molecule has 3 heterocycles. The number of carbonyl (C=O) groups excluding carboxylic acids is 2. The van der Waals surface area contributed by atoms with Crippen LogP contribution in [0.4, 0.5) is 5.13 Å². The number of Topliss-reactive ketones (excluding diaryl/α,β-unsaturated/α-hetero) is 1. The average molecular weight is 455 g/mol. The van der Waals surface area contributed by atoms with Crippen molar-refractivity contribution in [3.63, 3.8) is 0 Å². The van der Waals surface area contributed by atoms with Crippen LogP contribution in [0, 0.1) is 0 Å². The lowest BCUT2D eigenvalue weighted by molar-refractivity contribution is -0.116. The van der Waals surface area contributed by atoms with Crippen LogP contribution in [0.1, 0.15) is 53.3 Å². The van der Waals surface area contributed by atoms with Gasteiger partial charge in [-0.15, -0.1) is 0 Å². The summed E-state index contributed by atoms with van der Waals surface area (Å²) >= 11 is 7.13. The van der Waals surface area contributed by atoms with Crippen LogP contribution in [-0.2, 0) is 9.53 Å². The van der Waals surface area contributed by atoms with E-state index in [-0.39, 0.29) is 34.4 Å². The van der Waals surface area contributed by atoms with Gasteiger partial charge in [-0.2, -0.15) is 0 Å². The number of hydrogen-bond donors (Lipinski definition) is 2. The second kappa shape index (κ2) is 9.23. The third-order valence-corrected chi connectivity index (χ3v) is 6.75. The molecular weight excluding hydrogens is 432 g/mol. The van der Waals surface area contributed by atoms with Crippen LogP contribution in [-0.4, -0.2) is 65.8 Å². The molecule has 1 aromatic rings. The zero-order chi connectivity index (χ0) is 22.0. The fourth-order valence-corrected chi connectivity index (χ4v) is 4.78. The van der Waals surface area contributed by atoms with Gasteiger partial charge in [-0.3, -0.25) is 9.59 Å². The Morgan fingerprint density at radius 1 is 1.40 bits per heavy atom. The predicted molar refractivity (Wildman–Crippen MR) is 114 cm³/mol. The number of aromatic nitrogens is 1. The zero-order valence-corrected chi connectivity index (χ0v) is 18.5. The highest BCUT2D eigenvalue weighted by Gasteiger charge is 2.34. The smallest absolute Gasteiger partial charge is 0.356 e. The SMILES string of the molecule is CCC1=C(Cl)N=C(C(=O)N[C@@H]2CCN(c3nc(C(=O)O)c(C(C)=O)s3)C[C@@H]2OC)C1. The van der Waals surface area contributed by atoms with E-state index in [0.717, 1.165) is 23.3 Å². The van der Waals surface area contributed by atoms with E-state index in [1.807, 2.05) is 11.8 Å². The third kappa shape index (κ3) is 4.55. The first-order chi connectivity index (χ1) is 14.2. The molecule has 0 saturated carbocycles. The zero-order valence-electron chi connectivity index (χ0n) is 16.9. The lowest BCUT2D eigenvalue weighted by atomic mass is 10.0. The minimum absolute atomic E-state index is 0.122. The molecule has 0 unspecified atom stereocenters. The molecule has 162 valence electrons. The molecule has 11 heteroatoms. The maximum Gasteiger partial charge on any atom is 0.356 e. The van der Waals surface area contributed by atoms with Gasteiger partial charge >= 0.3 is 5.97 Å². The number of methoxy groups -OCH3 is 1. The van der Waals surface area contributed by atoms with E-state index in [9.17, 15) is 19.5 Å². The quantitative estimate of drug-likeness (QED) is 0.479. The van der Waals surface area contributed by atoms with Crippen LogP contribution < -0.4 is 10.2 Å². The minimum Gasteiger partial charge on any atom is -0.476 e. The minimum atomic E-state index is -1.23. The number of hydrogen-bond acceptors (Lipinski definition) is 8. The van der Waals surface area contributed by atoms with Crippen LogP contribution >= 0.6 is 22.9 Å². The number of ketones is 1. The molecule has 0 bridgehead atoms. The van der Waals surface area contributed by atoms with Crippen molar-refractivity contribution in [1.29, 1.82) is 0 Å². The molecule has 0 aromatic carbocycles. The van der Waals surface area contributed by atoms with E-state index in [0.29, 0.717) is 41.9 Å². The summed E-state index contributed by atoms with van der Waals surface area (Å²) in [6.45, 7) is 4.22. The number of halogens is 1. The van der Waals surface area contributed by atoms with Gasteiger partial charge in [0.15, 0.2) is 16.6 Å². The Hall–Kier alpha value is -2.30. The summed E-state index contributed by atoms with van der Waals surface area (Å²) in [5.41, 5.74) is 1.10. The Morgan fingerprint density at radius 2 is 2.13 bits per heavy atom. The van der Waals surface area contributed by atoms with Crippen LogP contribution in [0.2, 0.25) is 0 Å². The summed E-state index contributed by atoms with van der Waals surface area (Å²) in [4.78, 5) is 46.1. The molecular formula is C19H23ClN4O5S. The number of carboxylic acids is 1. The normalized spacial score (nSPS) is 21.6. The van der Waals surface area contributed by atoms with Gasteiger partial charge in [-0.1, -0.05) is 29.9 Å². The standard InChI is InChI=1S/C19H23ClN4O5S/c1-4-10-7-12(21-16(10)20)17(26)22-11-5-6-24(8-13(11)29-3)19-23-14(18(27)28)15(30-19)9(2)25/h11,13H,4-8H2,1-3H3,(H,22,26)(H,27,28)/t11-,13+/m1/s1. The van der Waals surface area contributed by atoms with Gasteiger partial charge in [0.2, 0.25) is 0 Å². The number of anilines is 1. The highest BCUT2D eigenvalue weighted by Crippen LogP contribution is 2.30. The summed E-state index contributed by atoms with van der Waals surface area (Å²) in [5, 5.41) is 13.1. The third-order valence-electron chi connectivity index (χ3n) is 5.18. The number of allylic oxidation sites excluding steroid dienone is 1. The predicted octanol–water partition coefficient (Wildman–Crippen LogP) is 2.46. The van der Waals surface area contributed by atoms with E-state index >= 15 is 0 Å². The number of piperidine rings is 1. The second-order valence-corrected chi connectivity index (χ2v) is 8.44. The maximum absolute atomic E-state index is 12.6. The van der Waals surface area contributed by atoms with E-state index in [1.54, 1.807) is 7.11 Å². The van der Waals surface area contributed by atoms with Gasteiger partial charge in [-0.05, 0) is 18.4 Å². The molecule has 0 aliphatic carbocycles. The number of rotatable bonds is 7. The highest BCUT2D eigenvalue weighted by atomic mass is 35.5. The fraction of sp³-hybridized carbons (Fsp3) is 0.526. The number of carbonyl (C=O) groups is 3. The number of ether oxygens (including phenoxy) is 1. The summed E-state index contributed by atoms with van der Waals surface area (Å²) in [6.07, 6.45) is 1.42. The van der Waals surface area contributed by atoms with Crippen molar-refractivity contribution in [3.8, 4) is 0 Å². The van der Waals surface area contributed by atoms with Crippen molar-refractivity contribution in [2.24, 2.45) is 4.99 Å². The van der Waals surface area contributed by atoms with E-state index in [1.165, 1.54) is 6.92 Å². The molecule has 1 amide bonds. The molecule has 9 nitrogen and oxygen atoms in total. The van der Waals surface area contributed by atoms with Gasteiger partial charge < -0.3 is 20.1 Å². The van der Waals surface area contributed by atoms with Crippen molar-refractivity contribution >= 4 is 51.4 Å². The monoisotopic (exact) mass is 454 g/mol. The van der Waals surface area contributed by atoms with Crippen LogP contribution in [0.3, 0.4) is 0 Å². The molecule has 30 heavy (non-hydrogen) atoms. The average Bonchev–Trinajstić information content (AvgIpc) is 3.32. The van der Waals surface area contributed by atoms with E-state index < -0.39 is 5.97 Å². The van der Waals surface area contributed by atoms with Gasteiger partial charge in [0.1, 0.15) is 15.7 Å². The van der Waals surface area contributed by atoms with Crippen molar-refractivity contribution < 1.29 is 24.2 Å². The maximum atomic E-state index is 12.6. The number of thiazole rings is 1. The number of aliphatic imine (C=N–C) groups is 1. The first kappa shape index (κ1) is 22.4. The molecule has 2 aliphatic rings. The topological polar surface area (TPSA) is 121 Å². The molecule has 2 N–H and O–H groups in total. The van der Waals surface area contributed by atoms with Gasteiger partial charge in [0.05, 0.1) is 12.1 Å². The number of nitrogens with one attached hydrogen (secondary N) is 1. The molecule has 1 aromatic heterocycles. The first-order valence-corrected chi connectivity index (χ1v) is 10.7. The molecule has 2 atom stereocenters. The van der Waals surface area contributed by atoms with Crippen LogP contribution in [0.5, 0.6) is 0 Å². The Balaban J connectivity index is 1.68. The largest absolute Gasteiger partial charge is 0.476 e. The van der Waals surface area contributed by atoms with E-state index in [4.69, 9.17) is 16.3 Å². The Morgan fingerprint density at radius 3 is 2.67 bits per heavy atom. The van der Waals surface area contributed by atoms with Gasteiger partial charge in [0, 0.05) is 33.5 Å². The lowest BCUT2D eigenvalue weighted by Gasteiger charge is -2.37. The summed E-state index contributed by atoms with van der Waals surface area (Å²) < 4.78 is 5.58. The number of carboxylic acid groups (broad SMARTS) is 1. The Kier molecular flexibility index (Phi) is 6.89. The molecule has 2 aliphatic heterocycles. The van der Waals surface area contributed by atoms with Crippen molar-refractivity contribution in [3.05, 3.63) is 21.3 Å². The van der Waals surface area contributed by atoms with Gasteiger partial charge in [-0.25, -0.2) is 14.8 Å².